The molecule has 0 atom stereocenters. The molecule has 3 aromatic rings. The Balaban J connectivity index is 0. The quantitative estimate of drug-likeness (QED) is 0.0155. The van der Waals surface area contributed by atoms with E-state index in [9.17, 15) is 53.3 Å². The van der Waals surface area contributed by atoms with E-state index in [-0.39, 0.29) is 166 Å². The number of nitrogens with two attached hydrogens (primary N) is 2. The average Bonchev–Trinajstić information content (AvgIpc) is 3.06. The number of sulfone groups is 2. The number of nitrogens with zero attached hydrogens (tertiary/aromatic N) is 4. The van der Waals surface area contributed by atoms with Crippen molar-refractivity contribution in [3.8, 4) is 0 Å². The van der Waals surface area contributed by atoms with Crippen molar-refractivity contribution in [3.63, 3.8) is 0 Å². The van der Waals surface area contributed by atoms with Crippen LogP contribution >= 0.6 is 24.6 Å². The number of anilines is 2. The van der Waals surface area contributed by atoms with Crippen molar-refractivity contribution in [2.45, 2.75) is 19.6 Å². The van der Waals surface area contributed by atoms with E-state index in [1.165, 1.54) is 0 Å². The largest absolute Gasteiger partial charge is 1.00 e. The predicted molar refractivity (Wildman–Crippen MR) is 168 cm³/mol. The zero-order valence-electron chi connectivity index (χ0n) is 29.2. The van der Waals surface area contributed by atoms with E-state index in [0.717, 1.165) is 36.4 Å². The Kier molecular flexibility index (Phi) is 28.1. The predicted octanol–water partition coefficient (Wildman–Crippen LogP) is -11.3. The molecule has 0 aliphatic carbocycles. The third-order valence-corrected chi connectivity index (χ3v) is 11.7. The first kappa shape index (κ1) is 58.7. The van der Waals surface area contributed by atoms with Gasteiger partial charge in [0.05, 0.1) is 55.7 Å². The molecular weight excluding hydrogens is 921 g/mol. The van der Waals surface area contributed by atoms with Crippen LogP contribution in [0, 0.1) is 0 Å². The van der Waals surface area contributed by atoms with E-state index >= 15 is 0 Å². The van der Waals surface area contributed by atoms with Gasteiger partial charge in [0.1, 0.15) is 43.0 Å². The van der Waals surface area contributed by atoms with E-state index in [1.54, 1.807) is 0 Å². The monoisotopic (exact) mass is 940 g/mol. The van der Waals surface area contributed by atoms with E-state index in [0.29, 0.717) is 12.1 Å². The molecule has 0 heterocycles. The fourth-order valence-electron chi connectivity index (χ4n) is 3.59. The molecule has 286 valence electrons. The summed E-state index contributed by atoms with van der Waals surface area (Å²) in [6.45, 7) is -1.08. The van der Waals surface area contributed by atoms with Gasteiger partial charge in [-0.25, -0.2) is 33.7 Å². The number of benzene rings is 3. The summed E-state index contributed by atoms with van der Waals surface area (Å²) in [6.07, 6.45) is 0. The van der Waals surface area contributed by atoms with Crippen molar-refractivity contribution in [1.29, 1.82) is 0 Å². The van der Waals surface area contributed by atoms with Gasteiger partial charge in [-0.15, -0.1) is 29.1 Å². The van der Waals surface area contributed by atoms with Crippen LogP contribution in [0.15, 0.2) is 88.6 Å². The summed E-state index contributed by atoms with van der Waals surface area (Å²) in [7, 11) is -19.2. The summed E-state index contributed by atoms with van der Waals surface area (Å²) in [5.74, 6) is -1.47. The zero-order valence-corrected chi connectivity index (χ0v) is 42.1. The van der Waals surface area contributed by atoms with Crippen LogP contribution in [0.25, 0.3) is 0 Å². The Morgan fingerprint density at radius 1 is 0.536 bits per heavy atom. The maximum Gasteiger partial charge on any atom is 1.00 e. The molecule has 3 aromatic carbocycles. The van der Waals surface area contributed by atoms with E-state index in [2.05, 4.69) is 47.6 Å². The maximum atomic E-state index is 12.6. The smallest absolute Gasteiger partial charge is 0.744 e. The molecule has 56 heavy (non-hydrogen) atoms. The van der Waals surface area contributed by atoms with Gasteiger partial charge < -0.3 is 31.1 Å². The number of hydrogen-bond acceptors (Lipinski definition) is 26. The minimum absolute atomic E-state index is 0. The summed E-state index contributed by atoms with van der Waals surface area (Å²) in [6, 6.07) is 6.75. The second-order valence-corrected chi connectivity index (χ2v) is 17.2. The van der Waals surface area contributed by atoms with E-state index < -0.39 is 95.6 Å². The molecule has 0 amide bonds. The summed E-state index contributed by atoms with van der Waals surface area (Å²) >= 11 is 0.0772. The standard InChI is InChI=1S/C22H24N6O18S6.4Na/c23-15-11-16(24)20(28-26-18-4-2-14(10-22(18)52(38,39)40)50(33,34)8-6-42-48-46-44-30)12-19(15)27-25-17-3-1-13(9-21(17)51(35,36)37)49(31,32)7-5-41-47-45-43-29;;;;/h1-4,9-12,29-30H,5-8,23-24H2,(H,35,36,37)(H,38,39,40);;;;/q;4*+1/p-4. The van der Waals surface area contributed by atoms with Crippen molar-refractivity contribution in [1.82, 2.24) is 0 Å². The molecule has 24 nitrogen and oxygen atoms in total. The van der Waals surface area contributed by atoms with E-state index in [1.807, 2.05) is 0 Å². The second kappa shape index (κ2) is 26.8. The van der Waals surface area contributed by atoms with Gasteiger partial charge in [0.25, 0.3) is 0 Å². The van der Waals surface area contributed by atoms with Crippen molar-refractivity contribution in [2.24, 2.45) is 20.5 Å². The minimum atomic E-state index is -5.35. The van der Waals surface area contributed by atoms with Crippen molar-refractivity contribution in [3.05, 3.63) is 48.5 Å². The second-order valence-electron chi connectivity index (χ2n) is 9.23. The Labute approximate surface area is 416 Å². The minimum Gasteiger partial charge on any atom is -0.744 e. The van der Waals surface area contributed by atoms with Crippen molar-refractivity contribution < 1.29 is 199 Å². The van der Waals surface area contributed by atoms with Crippen LogP contribution in [0.4, 0.5) is 34.1 Å². The molecule has 0 radical (unpaired) electrons. The Hall–Kier alpha value is 0.560. The van der Waals surface area contributed by atoms with E-state index in [4.69, 9.17) is 11.5 Å². The molecule has 0 fully saturated rings. The van der Waals surface area contributed by atoms with Crippen LogP contribution in [0.2, 0.25) is 0 Å². The van der Waals surface area contributed by atoms with Gasteiger partial charge in [-0.2, -0.15) is 0 Å². The molecule has 34 heteroatoms. The average molecular weight is 941 g/mol. The van der Waals surface area contributed by atoms with Crippen LogP contribution in [0.3, 0.4) is 0 Å². The Morgan fingerprint density at radius 2 is 0.875 bits per heavy atom. The van der Waals surface area contributed by atoms with Crippen molar-refractivity contribution in [2.75, 3.05) is 36.2 Å². The molecule has 0 aliphatic heterocycles. The van der Waals surface area contributed by atoms with Gasteiger partial charge in [-0.1, -0.05) is 0 Å². The van der Waals surface area contributed by atoms with Gasteiger partial charge in [-0.3, -0.25) is 18.4 Å². The first-order chi connectivity index (χ1) is 24.3. The van der Waals surface area contributed by atoms with Gasteiger partial charge in [0.2, 0.25) is 0 Å². The summed E-state index contributed by atoms with van der Waals surface area (Å²) in [4.78, 5) is -3.39. The number of hydrogen-bond donors (Lipinski definition) is 2. The van der Waals surface area contributed by atoms with Gasteiger partial charge in [-0.05, 0) is 48.5 Å². The first-order valence-electron chi connectivity index (χ1n) is 13.0. The Morgan fingerprint density at radius 3 is 1.20 bits per heavy atom. The molecule has 0 spiro atoms. The number of rotatable bonds is 20. The maximum absolute atomic E-state index is 12.6. The third kappa shape index (κ3) is 18.3. The summed E-state index contributed by atoms with van der Waals surface area (Å²) in [5, 5.41) is 40.4. The topological polar surface area (TPSA) is 386 Å². The third-order valence-electron chi connectivity index (χ3n) is 5.90. The Bertz CT molecular complexity index is 2120. The van der Waals surface area contributed by atoms with Crippen LogP contribution in [-0.2, 0) is 67.0 Å². The van der Waals surface area contributed by atoms with Crippen LogP contribution in [0.5, 0.6) is 0 Å². The van der Waals surface area contributed by atoms with Crippen LogP contribution in [0.1, 0.15) is 0 Å². The molecule has 0 saturated carbocycles. The molecule has 0 aliphatic rings. The molecule has 3 rings (SSSR count). The van der Waals surface area contributed by atoms with Gasteiger partial charge in [0, 0.05) is 0 Å². The SMILES string of the molecule is Nc1cc(N)c(N=Nc2ccc(S(=O)(=O)CCOSOO[O-])cc2S(=O)(=O)[O-])cc1N=Nc1ccc(S(=O)(=O)CCOSOO[O-])cc1S(=O)(=O)[O-].[Na+].[Na+].[Na+].[Na+]. The molecule has 0 aromatic heterocycles. The molecular formula is C22H20N6Na4O18S6. The molecule has 0 saturated heterocycles. The summed E-state index contributed by atoms with van der Waals surface area (Å²) in [5.41, 5.74) is 9.71. The summed E-state index contributed by atoms with van der Waals surface area (Å²) < 4.78 is 139. The van der Waals surface area contributed by atoms with Crippen LogP contribution < -0.4 is 140 Å². The fraction of sp³-hybridized carbons (Fsp3) is 0.182. The zero-order chi connectivity index (χ0) is 38.7. The molecule has 4 N–H and O–H groups in total. The van der Waals surface area contributed by atoms with Crippen LogP contribution in [-0.4, -0.2) is 67.5 Å². The molecule has 0 bridgehead atoms. The molecule has 0 unspecified atom stereocenters. The number of nitrogen functional groups attached to an aromatic ring is 2. The fourth-order valence-corrected chi connectivity index (χ4v) is 7.88. The first-order valence-corrected chi connectivity index (χ1v) is 20.4. The normalized spacial score (nSPS) is 12.1. The van der Waals surface area contributed by atoms with Gasteiger partial charge >= 0.3 is 118 Å². The van der Waals surface area contributed by atoms with Crippen molar-refractivity contribution >= 4 is 98.7 Å². The van der Waals surface area contributed by atoms with Gasteiger partial charge in [0.15, 0.2) is 44.3 Å². The number of azo groups is 2.